The van der Waals surface area contributed by atoms with Gasteiger partial charge in [-0.15, -0.1) is 0 Å². The third-order valence-corrected chi connectivity index (χ3v) is 10.8. The topological polar surface area (TPSA) is 296 Å². The molecule has 0 aliphatic carbocycles. The van der Waals surface area contributed by atoms with Crippen LogP contribution in [0.15, 0.2) is 30.3 Å². The molecule has 0 saturated carbocycles. The van der Waals surface area contributed by atoms with E-state index in [1.807, 2.05) is 13.8 Å². The Kier molecular flexibility index (Phi) is 23.7. The van der Waals surface area contributed by atoms with Crippen LogP contribution in [-0.4, -0.2) is 113 Å². The molecule has 0 aliphatic rings. The zero-order valence-electron chi connectivity index (χ0n) is 39.8. The van der Waals surface area contributed by atoms with E-state index in [4.69, 9.17) is 5.73 Å². The minimum absolute atomic E-state index is 0.00969. The summed E-state index contributed by atoms with van der Waals surface area (Å²) < 4.78 is 0. The number of rotatable bonds is 26. The Balaban J connectivity index is 3.13. The smallest absolute Gasteiger partial charge is 0.326 e. The molecule has 0 radical (unpaired) electrons. The SMILES string of the molecule is CC[C@H](C)[C@H](NC(=O)[C@H](C)NC(=O)[C@@H](NC(=O)[C@H](CC(C)C)NC(=O)[C@@H](N)C(C)C)C(C)C)C(=O)N[C@@H](C)C(=O)N[C@@H](Cc1ccccc1)C(=O)N[C@@H](C)C(=O)N[C@H](C(=O)O)C(C)C. The van der Waals surface area contributed by atoms with Crippen LogP contribution in [0.4, 0.5) is 0 Å². The minimum atomic E-state index is -1.23. The summed E-state index contributed by atoms with van der Waals surface area (Å²) in [6, 6.07) is -1.28. The first-order chi connectivity index (χ1) is 29.7. The normalized spacial score (nSPS) is 16.1. The van der Waals surface area contributed by atoms with Crippen molar-refractivity contribution in [3.8, 4) is 0 Å². The van der Waals surface area contributed by atoms with Gasteiger partial charge in [0.1, 0.15) is 48.3 Å². The van der Waals surface area contributed by atoms with Gasteiger partial charge < -0.3 is 53.4 Å². The number of hydrogen-bond donors (Lipinski definition) is 10. The van der Waals surface area contributed by atoms with E-state index >= 15 is 0 Å². The maximum Gasteiger partial charge on any atom is 0.326 e. The first kappa shape index (κ1) is 56.4. The number of nitrogens with one attached hydrogen (secondary N) is 8. The molecule has 0 heterocycles. The largest absolute Gasteiger partial charge is 0.480 e. The van der Waals surface area contributed by atoms with Gasteiger partial charge in [0, 0.05) is 6.42 Å². The van der Waals surface area contributed by atoms with E-state index in [0.29, 0.717) is 12.0 Å². The van der Waals surface area contributed by atoms with Gasteiger partial charge in [-0.3, -0.25) is 38.4 Å². The van der Waals surface area contributed by atoms with Crippen molar-refractivity contribution in [1.82, 2.24) is 42.5 Å². The molecule has 0 saturated heterocycles. The fourth-order valence-electron chi connectivity index (χ4n) is 6.31. The standard InChI is InChI=1S/C45H75N9O10/c1-14-26(10)36(54-39(57)29(13)48-43(61)34(24(6)7)52-41(59)31(20-22(2)3)51-42(60)33(46)23(4)5)44(62)49-27(11)37(55)50-32(21-30-18-16-15-17-19-30)40(58)47-28(12)38(56)53-35(25(8)9)45(63)64/h15-19,22-29,31-36H,14,20-21,46H2,1-13H3,(H,47,58)(H,48,61)(H,49,62)(H,50,55)(H,51,60)(H,52,59)(H,53,56)(H,54,57)(H,63,64)/t26-,27-,28-,29-,31-,32-,33-,34-,35-,36-/m0/s1. The van der Waals surface area contributed by atoms with Crippen LogP contribution in [0.3, 0.4) is 0 Å². The highest BCUT2D eigenvalue weighted by Gasteiger charge is 2.35. The zero-order chi connectivity index (χ0) is 49.2. The van der Waals surface area contributed by atoms with E-state index in [2.05, 4.69) is 42.5 Å². The number of amides is 8. The molecule has 0 unspecified atom stereocenters. The van der Waals surface area contributed by atoms with Crippen LogP contribution in [0.25, 0.3) is 0 Å². The van der Waals surface area contributed by atoms with Gasteiger partial charge >= 0.3 is 5.97 Å². The number of aliphatic carboxylic acids is 1. The van der Waals surface area contributed by atoms with Gasteiger partial charge in [-0.1, -0.05) is 106 Å². The van der Waals surface area contributed by atoms with Crippen molar-refractivity contribution in [1.29, 1.82) is 0 Å². The van der Waals surface area contributed by atoms with Crippen molar-refractivity contribution in [3.05, 3.63) is 35.9 Å². The Hall–Kier alpha value is -5.59. The number of nitrogens with two attached hydrogens (primary N) is 1. The number of carbonyl (C=O) groups is 9. The van der Waals surface area contributed by atoms with E-state index in [1.165, 1.54) is 20.8 Å². The molecule has 1 rings (SSSR count). The lowest BCUT2D eigenvalue weighted by Gasteiger charge is -2.29. The Labute approximate surface area is 378 Å². The molecular formula is C45H75N9O10. The monoisotopic (exact) mass is 902 g/mol. The molecule has 0 spiro atoms. The molecule has 19 nitrogen and oxygen atoms in total. The quantitative estimate of drug-likeness (QED) is 0.0616. The van der Waals surface area contributed by atoms with Crippen molar-refractivity contribution in [3.63, 3.8) is 0 Å². The lowest BCUT2D eigenvalue weighted by molar-refractivity contribution is -0.143. The van der Waals surface area contributed by atoms with Crippen LogP contribution in [0, 0.1) is 29.6 Å². The van der Waals surface area contributed by atoms with Crippen LogP contribution < -0.4 is 48.3 Å². The Bertz CT molecular complexity index is 1760. The van der Waals surface area contributed by atoms with Crippen molar-refractivity contribution in [2.75, 3.05) is 0 Å². The Morgan fingerprint density at radius 1 is 0.484 bits per heavy atom. The highest BCUT2D eigenvalue weighted by Crippen LogP contribution is 2.12. The van der Waals surface area contributed by atoms with Crippen LogP contribution >= 0.6 is 0 Å². The number of hydrogen-bond acceptors (Lipinski definition) is 10. The van der Waals surface area contributed by atoms with Gasteiger partial charge in [0.05, 0.1) is 6.04 Å². The zero-order valence-corrected chi connectivity index (χ0v) is 39.8. The van der Waals surface area contributed by atoms with E-state index in [0.717, 1.165) is 0 Å². The summed E-state index contributed by atoms with van der Waals surface area (Å²) >= 11 is 0. The summed E-state index contributed by atoms with van der Waals surface area (Å²) in [5.41, 5.74) is 6.68. The van der Waals surface area contributed by atoms with Crippen molar-refractivity contribution >= 4 is 53.2 Å². The second-order valence-electron chi connectivity index (χ2n) is 18.1. The van der Waals surface area contributed by atoms with Gasteiger partial charge in [-0.25, -0.2) is 4.79 Å². The highest BCUT2D eigenvalue weighted by atomic mass is 16.4. The van der Waals surface area contributed by atoms with Crippen molar-refractivity contribution < 1.29 is 48.3 Å². The van der Waals surface area contributed by atoms with Crippen LogP contribution in [-0.2, 0) is 49.6 Å². The number of benzene rings is 1. The number of carboxylic acid groups (broad SMARTS) is 1. The lowest BCUT2D eigenvalue weighted by atomic mass is 9.97. The summed E-state index contributed by atoms with van der Waals surface area (Å²) in [4.78, 5) is 119. The van der Waals surface area contributed by atoms with E-state index in [-0.39, 0.29) is 24.7 Å². The molecule has 11 N–H and O–H groups in total. The lowest BCUT2D eigenvalue weighted by Crippen LogP contribution is -2.61. The average molecular weight is 902 g/mol. The maximum atomic E-state index is 13.7. The molecule has 1 aromatic carbocycles. The summed E-state index contributed by atoms with van der Waals surface area (Å²) in [6.45, 7) is 21.7. The molecule has 0 bridgehead atoms. The third kappa shape index (κ3) is 18.6. The predicted molar refractivity (Wildman–Crippen MR) is 242 cm³/mol. The molecule has 0 aromatic heterocycles. The maximum absolute atomic E-state index is 13.7. The number of carboxylic acids is 1. The van der Waals surface area contributed by atoms with Gasteiger partial charge in [0.25, 0.3) is 0 Å². The fourth-order valence-corrected chi connectivity index (χ4v) is 6.31. The second-order valence-corrected chi connectivity index (χ2v) is 18.1. The van der Waals surface area contributed by atoms with Gasteiger partial charge in [0.15, 0.2) is 0 Å². The number of carbonyl (C=O) groups excluding carboxylic acids is 8. The summed E-state index contributed by atoms with van der Waals surface area (Å²) in [5.74, 6) is -8.09. The van der Waals surface area contributed by atoms with E-state index in [9.17, 15) is 48.3 Å². The second kappa shape index (κ2) is 26.9. The average Bonchev–Trinajstić information content (AvgIpc) is 3.21. The Morgan fingerprint density at radius 3 is 1.33 bits per heavy atom. The van der Waals surface area contributed by atoms with Crippen LogP contribution in [0.1, 0.15) is 108 Å². The van der Waals surface area contributed by atoms with Crippen molar-refractivity contribution in [2.45, 2.75) is 164 Å². The van der Waals surface area contributed by atoms with Gasteiger partial charge in [0.2, 0.25) is 47.3 Å². The molecule has 0 fully saturated rings. The van der Waals surface area contributed by atoms with Crippen LogP contribution in [0.5, 0.6) is 0 Å². The first-order valence-electron chi connectivity index (χ1n) is 22.2. The fraction of sp³-hybridized carbons (Fsp3) is 0.667. The molecule has 64 heavy (non-hydrogen) atoms. The molecule has 360 valence electrons. The van der Waals surface area contributed by atoms with Crippen molar-refractivity contribution in [2.24, 2.45) is 35.3 Å². The highest BCUT2D eigenvalue weighted by molar-refractivity contribution is 5.98. The van der Waals surface area contributed by atoms with E-state index in [1.54, 1.807) is 85.7 Å². The minimum Gasteiger partial charge on any atom is -0.480 e. The molecule has 8 amide bonds. The molecule has 0 aliphatic heterocycles. The molecule has 1 aromatic rings. The Morgan fingerprint density at radius 2 is 0.891 bits per heavy atom. The predicted octanol–water partition coefficient (Wildman–Crippen LogP) is 0.639. The first-order valence-corrected chi connectivity index (χ1v) is 22.2. The third-order valence-electron chi connectivity index (χ3n) is 10.8. The summed E-state index contributed by atoms with van der Waals surface area (Å²) in [5, 5.41) is 30.4. The summed E-state index contributed by atoms with van der Waals surface area (Å²) in [6.07, 6.45) is 0.731. The summed E-state index contributed by atoms with van der Waals surface area (Å²) in [7, 11) is 0. The van der Waals surface area contributed by atoms with Gasteiger partial charge in [-0.05, 0) is 62.3 Å². The molecule has 10 atom stereocenters. The van der Waals surface area contributed by atoms with E-state index < -0.39 is 125 Å². The molecule has 19 heteroatoms. The van der Waals surface area contributed by atoms with Gasteiger partial charge in [-0.2, -0.15) is 0 Å². The molecular weight excluding hydrogens is 827 g/mol. The van der Waals surface area contributed by atoms with Crippen LogP contribution in [0.2, 0.25) is 0 Å².